The smallest absolute Gasteiger partial charge is 0.0444 e. The van der Waals surface area contributed by atoms with Gasteiger partial charge in [-0.3, -0.25) is 4.90 Å². The van der Waals surface area contributed by atoms with E-state index in [0.29, 0.717) is 5.92 Å². The third-order valence-corrected chi connectivity index (χ3v) is 5.17. The predicted octanol–water partition coefficient (Wildman–Crippen LogP) is 2.55. The zero-order valence-electron chi connectivity index (χ0n) is 12.9. The van der Waals surface area contributed by atoms with E-state index in [1.165, 1.54) is 37.1 Å². The molecule has 2 aliphatic heterocycles. The van der Waals surface area contributed by atoms with Gasteiger partial charge in [0.2, 0.25) is 0 Å². The van der Waals surface area contributed by atoms with Crippen molar-refractivity contribution in [2.75, 3.05) is 46.3 Å². The maximum absolute atomic E-state index is 6.57. The average molecular weight is 308 g/mol. The Balaban J connectivity index is 1.64. The first-order chi connectivity index (χ1) is 10.2. The molecule has 2 heterocycles. The molecule has 0 aromatic heterocycles. The minimum Gasteiger partial charge on any atom is -0.314 e. The van der Waals surface area contributed by atoms with Gasteiger partial charge in [0.1, 0.15) is 0 Å². The minimum absolute atomic E-state index is 0.641. The van der Waals surface area contributed by atoms with Gasteiger partial charge in [-0.05, 0) is 56.1 Å². The lowest BCUT2D eigenvalue weighted by Gasteiger charge is -2.30. The van der Waals surface area contributed by atoms with Crippen LogP contribution in [0.25, 0.3) is 0 Å². The van der Waals surface area contributed by atoms with Crippen LogP contribution >= 0.6 is 11.6 Å². The summed E-state index contributed by atoms with van der Waals surface area (Å²) in [4.78, 5) is 4.90. The molecule has 0 unspecified atom stereocenters. The molecule has 0 saturated carbocycles. The summed E-state index contributed by atoms with van der Waals surface area (Å²) in [6.07, 6.45) is 2.46. The number of nitrogens with zero attached hydrogens (tertiary/aromatic N) is 2. The number of piperidine rings is 1. The number of piperazine rings is 1. The van der Waals surface area contributed by atoms with Crippen LogP contribution in [0.4, 0.5) is 0 Å². The highest BCUT2D eigenvalue weighted by molar-refractivity contribution is 6.31. The van der Waals surface area contributed by atoms with E-state index in [-0.39, 0.29) is 0 Å². The molecule has 2 aliphatic rings. The van der Waals surface area contributed by atoms with Crippen LogP contribution < -0.4 is 5.32 Å². The van der Waals surface area contributed by atoms with E-state index in [0.717, 1.165) is 37.7 Å². The molecule has 1 aromatic carbocycles. The molecule has 2 saturated heterocycles. The monoisotopic (exact) mass is 307 g/mol. The van der Waals surface area contributed by atoms with Crippen LogP contribution in [0.1, 0.15) is 29.9 Å². The Morgan fingerprint density at radius 2 is 1.86 bits per heavy atom. The summed E-state index contributed by atoms with van der Waals surface area (Å²) in [6.45, 7) is 7.85. The molecule has 0 spiro atoms. The van der Waals surface area contributed by atoms with Crippen LogP contribution in [0.3, 0.4) is 0 Å². The van der Waals surface area contributed by atoms with Crippen molar-refractivity contribution in [2.24, 2.45) is 0 Å². The standard InChI is InChI=1S/C17H26ClN3/c1-20-8-4-15(5-9-20)16-3-2-14(12-17(16)18)13-21-10-6-19-7-11-21/h2-3,12,15,19H,4-11,13H2,1H3. The van der Waals surface area contributed by atoms with E-state index >= 15 is 0 Å². The zero-order valence-corrected chi connectivity index (χ0v) is 13.7. The molecule has 4 heteroatoms. The first-order valence-electron chi connectivity index (χ1n) is 8.12. The van der Waals surface area contributed by atoms with Crippen LogP contribution in [-0.2, 0) is 6.54 Å². The van der Waals surface area contributed by atoms with E-state index in [2.05, 4.69) is 40.4 Å². The van der Waals surface area contributed by atoms with Gasteiger partial charge in [0.05, 0.1) is 0 Å². The fourth-order valence-corrected chi connectivity index (χ4v) is 3.80. The van der Waals surface area contributed by atoms with Gasteiger partial charge in [0.15, 0.2) is 0 Å². The third-order valence-electron chi connectivity index (χ3n) is 4.84. The molecule has 0 amide bonds. The molecule has 3 rings (SSSR count). The zero-order chi connectivity index (χ0) is 14.7. The summed E-state index contributed by atoms with van der Waals surface area (Å²) in [7, 11) is 2.20. The van der Waals surface area contributed by atoms with E-state index < -0.39 is 0 Å². The van der Waals surface area contributed by atoms with Crippen molar-refractivity contribution >= 4 is 11.6 Å². The minimum atomic E-state index is 0.641. The topological polar surface area (TPSA) is 18.5 Å². The molecule has 0 aliphatic carbocycles. The Kier molecular flexibility index (Phi) is 5.17. The highest BCUT2D eigenvalue weighted by atomic mass is 35.5. The van der Waals surface area contributed by atoms with Crippen LogP contribution in [0, 0.1) is 0 Å². The van der Waals surface area contributed by atoms with Crippen LogP contribution in [0.15, 0.2) is 18.2 Å². The number of rotatable bonds is 3. The van der Waals surface area contributed by atoms with Gasteiger partial charge in [0.25, 0.3) is 0 Å². The fourth-order valence-electron chi connectivity index (χ4n) is 3.45. The lowest BCUT2D eigenvalue weighted by molar-refractivity contribution is 0.233. The predicted molar refractivity (Wildman–Crippen MR) is 89.1 cm³/mol. The number of likely N-dealkylation sites (tertiary alicyclic amines) is 1. The second-order valence-corrected chi connectivity index (χ2v) is 6.87. The molecular weight excluding hydrogens is 282 g/mol. The van der Waals surface area contributed by atoms with Crippen molar-refractivity contribution < 1.29 is 0 Å². The Labute approximate surface area is 133 Å². The molecule has 116 valence electrons. The molecule has 2 fully saturated rings. The molecular formula is C17H26ClN3. The molecule has 0 atom stereocenters. The maximum atomic E-state index is 6.57. The van der Waals surface area contributed by atoms with Gasteiger partial charge >= 0.3 is 0 Å². The van der Waals surface area contributed by atoms with Crippen LogP contribution in [0.2, 0.25) is 5.02 Å². The summed E-state index contributed by atoms with van der Waals surface area (Å²) >= 11 is 6.57. The van der Waals surface area contributed by atoms with Crippen molar-refractivity contribution in [3.63, 3.8) is 0 Å². The van der Waals surface area contributed by atoms with E-state index in [4.69, 9.17) is 11.6 Å². The highest BCUT2D eigenvalue weighted by Crippen LogP contribution is 2.33. The number of nitrogens with one attached hydrogen (secondary N) is 1. The normalized spacial score (nSPS) is 22.6. The SMILES string of the molecule is CN1CCC(c2ccc(CN3CCNCC3)cc2Cl)CC1. The molecule has 1 N–H and O–H groups in total. The summed E-state index contributed by atoms with van der Waals surface area (Å²) in [5.74, 6) is 0.641. The first-order valence-corrected chi connectivity index (χ1v) is 8.50. The molecule has 0 bridgehead atoms. The quantitative estimate of drug-likeness (QED) is 0.926. The van der Waals surface area contributed by atoms with Crippen molar-refractivity contribution in [1.82, 2.24) is 15.1 Å². The lowest BCUT2D eigenvalue weighted by atomic mass is 9.89. The molecule has 0 radical (unpaired) electrons. The Hall–Kier alpha value is -0.610. The van der Waals surface area contributed by atoms with Crippen molar-refractivity contribution in [2.45, 2.75) is 25.3 Å². The van der Waals surface area contributed by atoms with E-state index in [9.17, 15) is 0 Å². The Bertz CT molecular complexity index is 463. The first kappa shape index (κ1) is 15.3. The number of halogens is 1. The van der Waals surface area contributed by atoms with Gasteiger partial charge in [-0.15, -0.1) is 0 Å². The molecule has 21 heavy (non-hydrogen) atoms. The van der Waals surface area contributed by atoms with Gasteiger partial charge in [0, 0.05) is 37.7 Å². The van der Waals surface area contributed by atoms with Gasteiger partial charge < -0.3 is 10.2 Å². The number of benzene rings is 1. The largest absolute Gasteiger partial charge is 0.314 e. The lowest BCUT2D eigenvalue weighted by Crippen LogP contribution is -2.42. The number of hydrogen-bond donors (Lipinski definition) is 1. The van der Waals surface area contributed by atoms with E-state index in [1.807, 2.05) is 0 Å². The van der Waals surface area contributed by atoms with Gasteiger partial charge in [-0.25, -0.2) is 0 Å². The summed E-state index contributed by atoms with van der Waals surface area (Å²) < 4.78 is 0. The maximum Gasteiger partial charge on any atom is 0.0444 e. The van der Waals surface area contributed by atoms with Crippen LogP contribution in [-0.4, -0.2) is 56.1 Å². The second-order valence-electron chi connectivity index (χ2n) is 6.46. The summed E-state index contributed by atoms with van der Waals surface area (Å²) in [6, 6.07) is 6.74. The van der Waals surface area contributed by atoms with E-state index in [1.54, 1.807) is 0 Å². The summed E-state index contributed by atoms with van der Waals surface area (Å²) in [5.41, 5.74) is 2.70. The van der Waals surface area contributed by atoms with Crippen molar-refractivity contribution in [3.8, 4) is 0 Å². The second kappa shape index (κ2) is 7.10. The Morgan fingerprint density at radius 3 is 2.52 bits per heavy atom. The van der Waals surface area contributed by atoms with Crippen LogP contribution in [0.5, 0.6) is 0 Å². The molecule has 3 nitrogen and oxygen atoms in total. The number of hydrogen-bond acceptors (Lipinski definition) is 3. The highest BCUT2D eigenvalue weighted by Gasteiger charge is 2.20. The van der Waals surface area contributed by atoms with Crippen molar-refractivity contribution in [3.05, 3.63) is 34.3 Å². The Morgan fingerprint density at radius 1 is 1.14 bits per heavy atom. The average Bonchev–Trinajstić information content (AvgIpc) is 2.50. The summed E-state index contributed by atoms with van der Waals surface area (Å²) in [5, 5.41) is 4.37. The van der Waals surface area contributed by atoms with Gasteiger partial charge in [-0.2, -0.15) is 0 Å². The third kappa shape index (κ3) is 3.98. The molecule has 1 aromatic rings. The van der Waals surface area contributed by atoms with Gasteiger partial charge in [-0.1, -0.05) is 23.7 Å². The fraction of sp³-hybridized carbons (Fsp3) is 0.647. The van der Waals surface area contributed by atoms with Crippen molar-refractivity contribution in [1.29, 1.82) is 0 Å².